The van der Waals surface area contributed by atoms with Crippen LogP contribution in [0.25, 0.3) is 0 Å². The molecule has 5 N–H and O–H groups in total. The summed E-state index contributed by atoms with van der Waals surface area (Å²) < 4.78 is 5.10. The lowest BCUT2D eigenvalue weighted by Gasteiger charge is -2.24. The fourth-order valence-electron chi connectivity index (χ4n) is 2.47. The van der Waals surface area contributed by atoms with Crippen LogP contribution in [0.4, 0.5) is 4.79 Å². The Kier molecular flexibility index (Phi) is 9.96. The van der Waals surface area contributed by atoms with Crippen LogP contribution in [0.5, 0.6) is 0 Å². The highest BCUT2D eigenvalue weighted by molar-refractivity contribution is 5.93. The van der Waals surface area contributed by atoms with Crippen molar-refractivity contribution in [1.29, 1.82) is 0 Å². The summed E-state index contributed by atoms with van der Waals surface area (Å²) in [6.07, 6.45) is -1.63. The zero-order chi connectivity index (χ0) is 23.6. The molecule has 170 valence electrons. The van der Waals surface area contributed by atoms with Crippen molar-refractivity contribution in [1.82, 2.24) is 16.0 Å². The Bertz CT molecular complexity index is 797. The van der Waals surface area contributed by atoms with E-state index in [1.807, 2.05) is 6.07 Å². The van der Waals surface area contributed by atoms with Crippen LogP contribution in [-0.2, 0) is 30.5 Å². The van der Waals surface area contributed by atoms with Gasteiger partial charge in [0.2, 0.25) is 11.8 Å². The largest absolute Gasteiger partial charge is 0.481 e. The molecule has 11 heteroatoms. The lowest BCUT2D eigenvalue weighted by Crippen LogP contribution is -2.56. The number of rotatable bonds is 11. The molecule has 1 aromatic rings. The molecule has 1 aromatic carbocycles. The molecule has 0 radical (unpaired) electrons. The van der Waals surface area contributed by atoms with Gasteiger partial charge in [0, 0.05) is 0 Å². The third-order valence-electron chi connectivity index (χ3n) is 4.18. The molecule has 0 fully saturated rings. The molecule has 3 amide bonds. The summed E-state index contributed by atoms with van der Waals surface area (Å²) in [7, 11) is 0. The average Bonchev–Trinajstić information content (AvgIpc) is 2.69. The highest BCUT2D eigenvalue weighted by Gasteiger charge is 2.29. The maximum Gasteiger partial charge on any atom is 0.408 e. The fourth-order valence-corrected chi connectivity index (χ4v) is 2.47. The summed E-state index contributed by atoms with van der Waals surface area (Å²) in [5.41, 5.74) is 0.767. The first-order chi connectivity index (χ1) is 14.5. The predicted octanol–water partition coefficient (Wildman–Crippen LogP) is 0.486. The molecule has 11 nitrogen and oxygen atoms in total. The predicted molar refractivity (Wildman–Crippen MR) is 108 cm³/mol. The van der Waals surface area contributed by atoms with E-state index in [-0.39, 0.29) is 12.5 Å². The highest BCUT2D eigenvalue weighted by atomic mass is 16.5. The maximum atomic E-state index is 12.5. The van der Waals surface area contributed by atoms with Crippen LogP contribution in [-0.4, -0.2) is 58.2 Å². The zero-order valence-corrected chi connectivity index (χ0v) is 17.5. The molecule has 0 aliphatic carbocycles. The van der Waals surface area contributed by atoms with E-state index in [9.17, 15) is 24.0 Å². The Hall–Kier alpha value is -3.63. The van der Waals surface area contributed by atoms with Crippen molar-refractivity contribution in [2.24, 2.45) is 5.92 Å². The number of amides is 3. The Morgan fingerprint density at radius 3 is 2.03 bits per heavy atom. The number of aliphatic carboxylic acids is 2. The van der Waals surface area contributed by atoms with Crippen molar-refractivity contribution in [3.8, 4) is 0 Å². The molecule has 0 heterocycles. The van der Waals surface area contributed by atoms with Gasteiger partial charge >= 0.3 is 18.0 Å². The molecule has 1 rings (SSSR count). The second-order valence-corrected chi connectivity index (χ2v) is 7.16. The summed E-state index contributed by atoms with van der Waals surface area (Å²) in [6.45, 7) is 4.68. The normalized spacial score (nSPS) is 13.4. The minimum Gasteiger partial charge on any atom is -0.481 e. The lowest BCUT2D eigenvalue weighted by molar-refractivity contribution is -0.147. The molecule has 0 spiro atoms. The average molecular weight is 437 g/mol. The number of carbonyl (C=O) groups is 5. The second-order valence-electron chi connectivity index (χ2n) is 7.16. The molecule has 1 unspecified atom stereocenters. The SMILES string of the molecule is CC(C)[C@H](NC(=O)OCc1ccccc1)C(=O)N[C@@H](C)C(=O)NC(CC(=O)O)C(=O)O. The lowest BCUT2D eigenvalue weighted by atomic mass is 10.0. The summed E-state index contributed by atoms with van der Waals surface area (Å²) in [6, 6.07) is 5.11. The summed E-state index contributed by atoms with van der Waals surface area (Å²) in [4.78, 5) is 58.5. The quantitative estimate of drug-likeness (QED) is 0.333. The molecular weight excluding hydrogens is 410 g/mol. The van der Waals surface area contributed by atoms with Crippen LogP contribution in [0.2, 0.25) is 0 Å². The Morgan fingerprint density at radius 1 is 0.903 bits per heavy atom. The van der Waals surface area contributed by atoms with Gasteiger partial charge in [-0.25, -0.2) is 9.59 Å². The standard InChI is InChI=1S/C20H27N3O8/c1-11(2)16(23-20(30)31-10-13-7-5-4-6-8-13)18(27)21-12(3)17(26)22-14(19(28)29)9-15(24)25/h4-8,11-12,14,16H,9-10H2,1-3H3,(H,21,27)(H,22,26)(H,23,30)(H,24,25)(H,28,29)/t12-,14?,16-/m0/s1. The van der Waals surface area contributed by atoms with Crippen molar-refractivity contribution in [2.75, 3.05) is 0 Å². The van der Waals surface area contributed by atoms with Gasteiger partial charge in [0.05, 0.1) is 6.42 Å². The van der Waals surface area contributed by atoms with Gasteiger partial charge in [-0.2, -0.15) is 0 Å². The first-order valence-corrected chi connectivity index (χ1v) is 9.53. The number of ether oxygens (including phenoxy) is 1. The van der Waals surface area contributed by atoms with Gasteiger partial charge in [0.25, 0.3) is 0 Å². The van der Waals surface area contributed by atoms with E-state index in [0.29, 0.717) is 0 Å². The number of nitrogens with one attached hydrogen (secondary N) is 3. The van der Waals surface area contributed by atoms with Crippen LogP contribution in [0, 0.1) is 5.92 Å². The van der Waals surface area contributed by atoms with Crippen LogP contribution in [0.1, 0.15) is 32.8 Å². The van der Waals surface area contributed by atoms with Crippen LogP contribution in [0.3, 0.4) is 0 Å². The molecular formula is C20H27N3O8. The summed E-state index contributed by atoms with van der Waals surface area (Å²) >= 11 is 0. The number of carbonyl (C=O) groups excluding carboxylic acids is 3. The van der Waals surface area contributed by atoms with Gasteiger partial charge < -0.3 is 30.9 Å². The minimum atomic E-state index is -1.64. The van der Waals surface area contributed by atoms with Gasteiger partial charge in [-0.15, -0.1) is 0 Å². The van der Waals surface area contributed by atoms with Gasteiger partial charge in [-0.3, -0.25) is 14.4 Å². The smallest absolute Gasteiger partial charge is 0.408 e. The van der Waals surface area contributed by atoms with Gasteiger partial charge in [0.15, 0.2) is 0 Å². The van der Waals surface area contributed by atoms with Gasteiger partial charge in [0.1, 0.15) is 24.7 Å². The minimum absolute atomic E-state index is 0.0120. The fraction of sp³-hybridized carbons (Fsp3) is 0.450. The van der Waals surface area contributed by atoms with Crippen LogP contribution in [0.15, 0.2) is 30.3 Å². The molecule has 0 bridgehead atoms. The number of alkyl carbamates (subject to hydrolysis) is 1. The van der Waals surface area contributed by atoms with Gasteiger partial charge in [-0.05, 0) is 18.4 Å². The number of hydrogen-bond donors (Lipinski definition) is 5. The second kappa shape index (κ2) is 12.2. The van der Waals surface area contributed by atoms with Crippen molar-refractivity contribution in [3.63, 3.8) is 0 Å². The van der Waals surface area contributed by atoms with E-state index in [1.165, 1.54) is 6.92 Å². The van der Waals surface area contributed by atoms with Gasteiger partial charge in [-0.1, -0.05) is 44.2 Å². The van der Waals surface area contributed by atoms with Crippen molar-refractivity contribution in [2.45, 2.75) is 51.9 Å². The topological polar surface area (TPSA) is 171 Å². The van der Waals surface area contributed by atoms with Crippen LogP contribution >= 0.6 is 0 Å². The van der Waals surface area contributed by atoms with E-state index in [0.717, 1.165) is 5.56 Å². The van der Waals surface area contributed by atoms with E-state index < -0.39 is 54.4 Å². The first kappa shape index (κ1) is 25.4. The Balaban J connectivity index is 2.64. The van der Waals surface area contributed by atoms with E-state index in [4.69, 9.17) is 14.9 Å². The molecule has 0 saturated heterocycles. The molecule has 0 aliphatic rings. The molecule has 31 heavy (non-hydrogen) atoms. The Morgan fingerprint density at radius 2 is 1.52 bits per heavy atom. The number of carboxylic acid groups (broad SMARTS) is 2. The maximum absolute atomic E-state index is 12.5. The number of carboxylic acids is 2. The zero-order valence-electron chi connectivity index (χ0n) is 17.5. The van der Waals surface area contributed by atoms with Crippen molar-refractivity contribution >= 4 is 29.8 Å². The third-order valence-corrected chi connectivity index (χ3v) is 4.18. The molecule has 3 atom stereocenters. The Labute approximate surface area is 179 Å². The summed E-state index contributed by atoms with van der Waals surface area (Å²) in [5, 5.41) is 24.6. The number of benzene rings is 1. The molecule has 0 aliphatic heterocycles. The van der Waals surface area contributed by atoms with E-state index in [2.05, 4.69) is 16.0 Å². The first-order valence-electron chi connectivity index (χ1n) is 9.53. The third kappa shape index (κ3) is 9.15. The monoisotopic (exact) mass is 437 g/mol. The van der Waals surface area contributed by atoms with Crippen molar-refractivity contribution in [3.05, 3.63) is 35.9 Å². The van der Waals surface area contributed by atoms with Crippen LogP contribution < -0.4 is 16.0 Å². The highest BCUT2D eigenvalue weighted by Crippen LogP contribution is 2.05. The number of hydrogen-bond acceptors (Lipinski definition) is 6. The van der Waals surface area contributed by atoms with E-state index >= 15 is 0 Å². The molecule has 0 saturated carbocycles. The van der Waals surface area contributed by atoms with Crippen molar-refractivity contribution < 1.29 is 38.9 Å². The molecule has 0 aromatic heterocycles. The van der Waals surface area contributed by atoms with E-state index in [1.54, 1.807) is 38.1 Å². The summed E-state index contributed by atoms with van der Waals surface area (Å²) in [5.74, 6) is -4.83.